The number of thiophene rings is 1. The number of aliphatic imine (C=N–C) groups is 1. The molecular formula is C28H30N2O3S. The number of carbonyl (C=O) groups excluding carboxylic acids is 1. The monoisotopic (exact) mass is 474 g/mol. The van der Waals surface area contributed by atoms with E-state index in [4.69, 9.17) is 14.5 Å². The Labute approximate surface area is 205 Å². The van der Waals surface area contributed by atoms with E-state index in [1.54, 1.807) is 30.7 Å². The largest absolute Gasteiger partial charge is 0.493 e. The fourth-order valence-electron chi connectivity index (χ4n) is 4.11. The van der Waals surface area contributed by atoms with E-state index < -0.39 is 0 Å². The Morgan fingerprint density at radius 1 is 1.09 bits per heavy atom. The summed E-state index contributed by atoms with van der Waals surface area (Å²) in [6.45, 7) is 4.09. The lowest BCUT2D eigenvalue weighted by atomic mass is 9.96. The highest BCUT2D eigenvalue weighted by molar-refractivity contribution is 7.16. The Morgan fingerprint density at radius 3 is 2.65 bits per heavy atom. The third-order valence-electron chi connectivity index (χ3n) is 5.79. The molecular weight excluding hydrogens is 444 g/mol. The van der Waals surface area contributed by atoms with Crippen molar-refractivity contribution in [3.63, 3.8) is 0 Å². The van der Waals surface area contributed by atoms with E-state index in [0.29, 0.717) is 23.7 Å². The van der Waals surface area contributed by atoms with Crippen LogP contribution in [0.15, 0.2) is 66.2 Å². The molecule has 1 aliphatic carbocycles. The summed E-state index contributed by atoms with van der Waals surface area (Å²) in [6.07, 6.45) is 10.1. The third kappa shape index (κ3) is 5.75. The summed E-state index contributed by atoms with van der Waals surface area (Å²) in [5.41, 5.74) is 3.53. The van der Waals surface area contributed by atoms with Crippen molar-refractivity contribution >= 4 is 34.1 Å². The number of fused-ring (bicyclic) bond motifs is 1. The first-order valence-electron chi connectivity index (χ1n) is 11.7. The average molecular weight is 475 g/mol. The van der Waals surface area contributed by atoms with Crippen LogP contribution in [0.4, 0.5) is 10.7 Å². The molecule has 0 fully saturated rings. The van der Waals surface area contributed by atoms with E-state index in [-0.39, 0.29) is 5.91 Å². The predicted molar refractivity (Wildman–Crippen MR) is 141 cm³/mol. The SMILES string of the molecule is C=CCOc1ccc(C=Nc2sc3c(c2C(=O)Nc2ccccc2)CCCCCC3)cc1OC. The van der Waals surface area contributed by atoms with Gasteiger partial charge in [0.25, 0.3) is 5.91 Å². The predicted octanol–water partition coefficient (Wildman–Crippen LogP) is 6.98. The molecule has 1 aromatic heterocycles. The van der Waals surface area contributed by atoms with Crippen molar-refractivity contribution in [3.05, 3.63) is 82.8 Å². The van der Waals surface area contributed by atoms with Gasteiger partial charge in [-0.25, -0.2) is 4.99 Å². The van der Waals surface area contributed by atoms with Crippen LogP contribution in [0.5, 0.6) is 11.5 Å². The van der Waals surface area contributed by atoms with Crippen molar-refractivity contribution in [1.82, 2.24) is 0 Å². The van der Waals surface area contributed by atoms with Crippen LogP contribution in [-0.4, -0.2) is 25.8 Å². The van der Waals surface area contributed by atoms with Crippen molar-refractivity contribution in [2.75, 3.05) is 19.0 Å². The maximum atomic E-state index is 13.4. The van der Waals surface area contributed by atoms with Gasteiger partial charge in [-0.15, -0.1) is 11.3 Å². The van der Waals surface area contributed by atoms with E-state index in [1.165, 1.54) is 17.7 Å². The summed E-state index contributed by atoms with van der Waals surface area (Å²) in [4.78, 5) is 19.5. The van der Waals surface area contributed by atoms with Crippen LogP contribution >= 0.6 is 11.3 Å². The summed E-state index contributed by atoms with van der Waals surface area (Å²) in [7, 11) is 1.61. The van der Waals surface area contributed by atoms with Crippen LogP contribution in [0.25, 0.3) is 0 Å². The smallest absolute Gasteiger partial charge is 0.259 e. The maximum absolute atomic E-state index is 13.4. The number of amides is 1. The van der Waals surface area contributed by atoms with Gasteiger partial charge in [0.2, 0.25) is 0 Å². The molecule has 1 N–H and O–H groups in total. The Hall–Kier alpha value is -3.38. The number of anilines is 1. The molecule has 0 bridgehead atoms. The number of para-hydroxylation sites is 1. The van der Waals surface area contributed by atoms with Gasteiger partial charge in [-0.1, -0.05) is 43.7 Å². The highest BCUT2D eigenvalue weighted by atomic mass is 32.1. The van der Waals surface area contributed by atoms with E-state index >= 15 is 0 Å². The lowest BCUT2D eigenvalue weighted by molar-refractivity contribution is 0.102. The van der Waals surface area contributed by atoms with Crippen molar-refractivity contribution in [2.24, 2.45) is 4.99 Å². The zero-order valence-electron chi connectivity index (χ0n) is 19.5. The minimum atomic E-state index is -0.0952. The van der Waals surface area contributed by atoms with Crippen molar-refractivity contribution in [2.45, 2.75) is 38.5 Å². The van der Waals surface area contributed by atoms with Gasteiger partial charge in [-0.05, 0) is 67.1 Å². The van der Waals surface area contributed by atoms with E-state index in [9.17, 15) is 4.79 Å². The van der Waals surface area contributed by atoms with Crippen LogP contribution in [0.1, 0.15) is 52.0 Å². The zero-order chi connectivity index (χ0) is 23.8. The number of carbonyl (C=O) groups is 1. The topological polar surface area (TPSA) is 59.9 Å². The molecule has 0 radical (unpaired) electrons. The quantitative estimate of drug-likeness (QED) is 0.283. The number of nitrogens with one attached hydrogen (secondary N) is 1. The standard InChI is InChI=1S/C28H30N2O3S/c1-3-17-33-23-16-15-20(18-24(23)32-2)19-29-28-26(27(31)30-21-11-7-6-8-12-21)22-13-9-4-5-10-14-25(22)34-28/h3,6-8,11-12,15-16,18-19H,1,4-5,9-10,13-14,17H2,2H3,(H,30,31). The number of methoxy groups -OCH3 is 1. The van der Waals surface area contributed by atoms with Gasteiger partial charge >= 0.3 is 0 Å². The number of aryl methyl sites for hydroxylation is 1. The lowest BCUT2D eigenvalue weighted by Gasteiger charge is -2.12. The van der Waals surface area contributed by atoms with E-state index in [1.807, 2.05) is 48.5 Å². The fourth-order valence-corrected chi connectivity index (χ4v) is 5.34. The highest BCUT2D eigenvalue weighted by Gasteiger charge is 2.24. The molecule has 0 aliphatic heterocycles. The minimum Gasteiger partial charge on any atom is -0.493 e. The first kappa shape index (κ1) is 23.8. The molecule has 34 heavy (non-hydrogen) atoms. The Morgan fingerprint density at radius 2 is 1.88 bits per heavy atom. The van der Waals surface area contributed by atoms with E-state index in [0.717, 1.165) is 47.5 Å². The normalized spacial score (nSPS) is 13.6. The molecule has 0 unspecified atom stereocenters. The first-order valence-corrected chi connectivity index (χ1v) is 12.5. The molecule has 2 aromatic carbocycles. The van der Waals surface area contributed by atoms with E-state index in [2.05, 4.69) is 11.9 Å². The third-order valence-corrected chi connectivity index (χ3v) is 6.99. The second-order valence-electron chi connectivity index (χ2n) is 8.19. The molecule has 5 nitrogen and oxygen atoms in total. The van der Waals surface area contributed by atoms with Crippen LogP contribution in [-0.2, 0) is 12.8 Å². The fraction of sp³-hybridized carbons (Fsp3) is 0.286. The molecule has 4 rings (SSSR count). The van der Waals surface area contributed by atoms with Gasteiger partial charge in [0.1, 0.15) is 11.6 Å². The maximum Gasteiger partial charge on any atom is 0.259 e. The molecule has 6 heteroatoms. The summed E-state index contributed by atoms with van der Waals surface area (Å²) in [5, 5.41) is 3.82. The number of rotatable bonds is 8. The van der Waals surface area contributed by atoms with Crippen LogP contribution in [0.3, 0.4) is 0 Å². The highest BCUT2D eigenvalue weighted by Crippen LogP contribution is 2.39. The van der Waals surface area contributed by atoms with Gasteiger partial charge in [0.15, 0.2) is 11.5 Å². The molecule has 0 saturated carbocycles. The Balaban J connectivity index is 1.66. The van der Waals surface area contributed by atoms with Crippen molar-refractivity contribution in [1.29, 1.82) is 0 Å². The first-order chi connectivity index (χ1) is 16.7. The van der Waals surface area contributed by atoms with Crippen LogP contribution in [0, 0.1) is 0 Å². The second kappa shape index (κ2) is 11.7. The van der Waals surface area contributed by atoms with Gasteiger partial charge in [0.05, 0.1) is 12.7 Å². The number of hydrogen-bond acceptors (Lipinski definition) is 5. The second-order valence-corrected chi connectivity index (χ2v) is 9.27. The molecule has 0 saturated heterocycles. The number of hydrogen-bond donors (Lipinski definition) is 1. The minimum absolute atomic E-state index is 0.0952. The summed E-state index contributed by atoms with van der Waals surface area (Å²) in [5.74, 6) is 1.19. The molecule has 0 atom stereocenters. The molecule has 0 spiro atoms. The van der Waals surface area contributed by atoms with Gasteiger partial charge in [0, 0.05) is 16.8 Å². The van der Waals surface area contributed by atoms with Crippen molar-refractivity contribution in [3.8, 4) is 11.5 Å². The number of benzene rings is 2. The number of ether oxygens (including phenoxy) is 2. The molecule has 1 heterocycles. The van der Waals surface area contributed by atoms with Gasteiger partial charge < -0.3 is 14.8 Å². The van der Waals surface area contributed by atoms with Crippen LogP contribution < -0.4 is 14.8 Å². The molecule has 1 amide bonds. The van der Waals surface area contributed by atoms with Crippen molar-refractivity contribution < 1.29 is 14.3 Å². The molecule has 176 valence electrons. The summed E-state index contributed by atoms with van der Waals surface area (Å²) >= 11 is 1.64. The zero-order valence-corrected chi connectivity index (χ0v) is 20.3. The van der Waals surface area contributed by atoms with Gasteiger partial charge in [-0.2, -0.15) is 0 Å². The summed E-state index contributed by atoms with van der Waals surface area (Å²) in [6, 6.07) is 15.3. The number of nitrogens with zero attached hydrogens (tertiary/aromatic N) is 1. The molecule has 1 aliphatic rings. The average Bonchev–Trinajstić information content (AvgIpc) is 3.18. The lowest BCUT2D eigenvalue weighted by Crippen LogP contribution is -2.14. The Kier molecular flexibility index (Phi) is 8.15. The van der Waals surface area contributed by atoms with Crippen LogP contribution in [0.2, 0.25) is 0 Å². The molecule has 3 aromatic rings. The van der Waals surface area contributed by atoms with Gasteiger partial charge in [-0.3, -0.25) is 4.79 Å². The summed E-state index contributed by atoms with van der Waals surface area (Å²) < 4.78 is 11.1. The Bertz CT molecular complexity index is 1170.